The van der Waals surface area contributed by atoms with E-state index in [9.17, 15) is 22.8 Å². The van der Waals surface area contributed by atoms with Crippen LogP contribution in [0.15, 0.2) is 72.8 Å². The van der Waals surface area contributed by atoms with Gasteiger partial charge in [-0.05, 0) is 67.3 Å². The van der Waals surface area contributed by atoms with Gasteiger partial charge in [-0.3, -0.25) is 0 Å². The Kier molecular flexibility index (Phi) is 7.24. The fourth-order valence-electron chi connectivity index (χ4n) is 4.24. The first-order valence-electron chi connectivity index (χ1n) is 11.5. The second-order valence-corrected chi connectivity index (χ2v) is 8.77. The first-order valence-corrected chi connectivity index (χ1v) is 11.5. The van der Waals surface area contributed by atoms with E-state index in [1.807, 2.05) is 43.3 Å². The van der Waals surface area contributed by atoms with Gasteiger partial charge in [0, 0.05) is 5.92 Å². The number of carbonyl (C=O) groups excluding carboxylic acids is 2. The Bertz CT molecular complexity index is 1160. The molecule has 0 heterocycles. The van der Waals surface area contributed by atoms with E-state index in [-0.39, 0.29) is 11.3 Å². The van der Waals surface area contributed by atoms with Gasteiger partial charge in [0.25, 0.3) is 0 Å². The SMILES string of the molecule is Cc1ccc(-c2ccc(C(=O)Oc3ccc(C(=O)OC(C4CCCC4)C(F)(F)F)cc3)cc2)cc1. The molecule has 0 spiro atoms. The van der Waals surface area contributed by atoms with Crippen molar-refractivity contribution in [1.82, 2.24) is 0 Å². The van der Waals surface area contributed by atoms with Gasteiger partial charge in [0.2, 0.25) is 0 Å². The maximum atomic E-state index is 13.4. The van der Waals surface area contributed by atoms with Crippen molar-refractivity contribution in [2.24, 2.45) is 5.92 Å². The van der Waals surface area contributed by atoms with Crippen molar-refractivity contribution in [3.05, 3.63) is 89.5 Å². The zero-order valence-electron chi connectivity index (χ0n) is 19.2. The van der Waals surface area contributed by atoms with Crippen LogP contribution in [-0.2, 0) is 4.74 Å². The van der Waals surface area contributed by atoms with Gasteiger partial charge >= 0.3 is 18.1 Å². The molecule has 0 bridgehead atoms. The van der Waals surface area contributed by atoms with Crippen molar-refractivity contribution in [2.45, 2.75) is 44.9 Å². The minimum atomic E-state index is -4.62. The van der Waals surface area contributed by atoms with Crippen LogP contribution in [0.5, 0.6) is 5.75 Å². The van der Waals surface area contributed by atoms with E-state index >= 15 is 0 Å². The van der Waals surface area contributed by atoms with Gasteiger partial charge < -0.3 is 9.47 Å². The highest BCUT2D eigenvalue weighted by molar-refractivity contribution is 5.92. The van der Waals surface area contributed by atoms with E-state index in [0.717, 1.165) is 16.7 Å². The molecule has 0 amide bonds. The summed E-state index contributed by atoms with van der Waals surface area (Å²) in [5, 5.41) is 0. The summed E-state index contributed by atoms with van der Waals surface area (Å²) in [7, 11) is 0. The summed E-state index contributed by atoms with van der Waals surface area (Å²) >= 11 is 0. The molecule has 1 aliphatic rings. The fraction of sp³-hybridized carbons (Fsp3) is 0.286. The third-order valence-electron chi connectivity index (χ3n) is 6.19. The molecule has 4 nitrogen and oxygen atoms in total. The molecular weight excluding hydrogens is 457 g/mol. The lowest BCUT2D eigenvalue weighted by Gasteiger charge is -2.25. The van der Waals surface area contributed by atoms with Crippen molar-refractivity contribution in [1.29, 1.82) is 0 Å². The van der Waals surface area contributed by atoms with Crippen LogP contribution in [0.25, 0.3) is 11.1 Å². The predicted octanol–water partition coefficient (Wildman–Crippen LogP) is 7.16. The highest BCUT2D eigenvalue weighted by Gasteiger charge is 2.48. The normalized spacial score (nSPS) is 15.0. The van der Waals surface area contributed by atoms with Crippen molar-refractivity contribution in [3.8, 4) is 16.9 Å². The zero-order chi connectivity index (χ0) is 25.0. The zero-order valence-corrected chi connectivity index (χ0v) is 19.2. The molecule has 3 aromatic rings. The Morgan fingerprint density at radius 3 is 1.80 bits per heavy atom. The number of rotatable bonds is 6. The summed E-state index contributed by atoms with van der Waals surface area (Å²) in [6.45, 7) is 2.01. The minimum absolute atomic E-state index is 0.0421. The molecule has 0 aliphatic heterocycles. The summed E-state index contributed by atoms with van der Waals surface area (Å²) in [5.74, 6) is -2.19. The van der Waals surface area contributed by atoms with Gasteiger partial charge in [-0.2, -0.15) is 13.2 Å². The first-order chi connectivity index (χ1) is 16.7. The van der Waals surface area contributed by atoms with E-state index in [2.05, 4.69) is 0 Å². The second kappa shape index (κ2) is 10.3. The van der Waals surface area contributed by atoms with Crippen LogP contribution in [0.3, 0.4) is 0 Å². The third-order valence-corrected chi connectivity index (χ3v) is 6.19. The number of ether oxygens (including phenoxy) is 2. The molecule has 182 valence electrons. The Balaban J connectivity index is 1.38. The van der Waals surface area contributed by atoms with Gasteiger partial charge in [0.15, 0.2) is 6.10 Å². The largest absolute Gasteiger partial charge is 0.449 e. The van der Waals surface area contributed by atoms with Gasteiger partial charge in [-0.25, -0.2) is 9.59 Å². The average molecular weight is 482 g/mol. The number of hydrogen-bond acceptors (Lipinski definition) is 4. The van der Waals surface area contributed by atoms with E-state index in [0.29, 0.717) is 31.2 Å². The average Bonchev–Trinajstić information content (AvgIpc) is 3.37. The summed E-state index contributed by atoms with van der Waals surface area (Å²) in [6, 6.07) is 20.3. The van der Waals surface area contributed by atoms with Gasteiger partial charge in [-0.15, -0.1) is 0 Å². The van der Waals surface area contributed by atoms with E-state index in [1.54, 1.807) is 12.1 Å². The standard InChI is InChI=1S/C28H25F3O4/c1-18-6-8-19(9-7-18)20-10-12-22(13-11-20)26(32)34-24-16-14-23(15-17-24)27(33)35-25(28(29,30)31)21-4-2-3-5-21/h6-17,21,25H,2-5H2,1H3. The van der Waals surface area contributed by atoms with Crippen LogP contribution in [0.2, 0.25) is 0 Å². The van der Waals surface area contributed by atoms with Crippen LogP contribution < -0.4 is 4.74 Å². The lowest BCUT2D eigenvalue weighted by molar-refractivity contribution is -0.219. The Hall–Kier alpha value is -3.61. The molecule has 4 rings (SSSR count). The van der Waals surface area contributed by atoms with Crippen LogP contribution in [0, 0.1) is 12.8 Å². The number of alkyl halides is 3. The van der Waals surface area contributed by atoms with E-state index in [4.69, 9.17) is 9.47 Å². The number of halogens is 3. The molecular formula is C28H25F3O4. The van der Waals surface area contributed by atoms with Crippen LogP contribution >= 0.6 is 0 Å². The lowest BCUT2D eigenvalue weighted by atomic mass is 10.0. The van der Waals surface area contributed by atoms with Crippen LogP contribution in [0.1, 0.15) is 52.0 Å². The maximum Gasteiger partial charge on any atom is 0.425 e. The predicted molar refractivity (Wildman–Crippen MR) is 125 cm³/mol. The molecule has 0 aromatic heterocycles. The summed E-state index contributed by atoms with van der Waals surface area (Å²) in [5.41, 5.74) is 3.44. The maximum absolute atomic E-state index is 13.4. The molecule has 1 unspecified atom stereocenters. The fourth-order valence-corrected chi connectivity index (χ4v) is 4.24. The van der Waals surface area contributed by atoms with E-state index < -0.39 is 30.1 Å². The second-order valence-electron chi connectivity index (χ2n) is 8.77. The van der Waals surface area contributed by atoms with Crippen LogP contribution in [0.4, 0.5) is 13.2 Å². The number of aryl methyl sites for hydroxylation is 1. The molecule has 1 saturated carbocycles. The molecule has 1 atom stereocenters. The first kappa shape index (κ1) is 24.5. The molecule has 0 saturated heterocycles. The quantitative estimate of drug-likeness (QED) is 0.276. The Morgan fingerprint density at radius 1 is 0.771 bits per heavy atom. The summed E-state index contributed by atoms with van der Waals surface area (Å²) in [6.07, 6.45) is -4.56. The number of carbonyl (C=O) groups is 2. The number of hydrogen-bond donors (Lipinski definition) is 0. The number of benzene rings is 3. The highest BCUT2D eigenvalue weighted by atomic mass is 19.4. The molecule has 7 heteroatoms. The molecule has 0 radical (unpaired) electrons. The number of esters is 2. The van der Waals surface area contributed by atoms with Crippen LogP contribution in [-0.4, -0.2) is 24.2 Å². The van der Waals surface area contributed by atoms with Crippen molar-refractivity contribution < 1.29 is 32.2 Å². The monoisotopic (exact) mass is 482 g/mol. The van der Waals surface area contributed by atoms with Crippen molar-refractivity contribution >= 4 is 11.9 Å². The molecule has 1 fully saturated rings. The summed E-state index contributed by atoms with van der Waals surface area (Å²) < 4.78 is 50.5. The van der Waals surface area contributed by atoms with Gasteiger partial charge in [0.1, 0.15) is 5.75 Å². The van der Waals surface area contributed by atoms with E-state index in [1.165, 1.54) is 24.3 Å². The summed E-state index contributed by atoms with van der Waals surface area (Å²) in [4.78, 5) is 24.8. The molecule has 3 aromatic carbocycles. The topological polar surface area (TPSA) is 52.6 Å². The molecule has 1 aliphatic carbocycles. The van der Waals surface area contributed by atoms with Gasteiger partial charge in [-0.1, -0.05) is 54.8 Å². The Labute approximate surface area is 201 Å². The minimum Gasteiger partial charge on any atom is -0.449 e. The smallest absolute Gasteiger partial charge is 0.425 e. The van der Waals surface area contributed by atoms with Crippen molar-refractivity contribution in [2.75, 3.05) is 0 Å². The third kappa shape index (κ3) is 6.10. The highest BCUT2D eigenvalue weighted by Crippen LogP contribution is 2.38. The molecule has 0 N–H and O–H groups in total. The van der Waals surface area contributed by atoms with Gasteiger partial charge in [0.05, 0.1) is 11.1 Å². The lowest BCUT2D eigenvalue weighted by Crippen LogP contribution is -2.39. The Morgan fingerprint density at radius 2 is 1.26 bits per heavy atom. The molecule has 35 heavy (non-hydrogen) atoms. The van der Waals surface area contributed by atoms with Crippen molar-refractivity contribution in [3.63, 3.8) is 0 Å².